The second-order valence-electron chi connectivity index (χ2n) is 10.4. The van der Waals surface area contributed by atoms with Crippen molar-refractivity contribution in [3.8, 4) is 11.1 Å². The lowest BCUT2D eigenvalue weighted by atomic mass is 10.0. The zero-order chi connectivity index (χ0) is 27.7. The number of hydrogen-bond acceptors (Lipinski definition) is 7. The van der Waals surface area contributed by atoms with Crippen LogP contribution in [0.25, 0.3) is 22.9 Å². The van der Waals surface area contributed by atoms with Gasteiger partial charge in [0.25, 0.3) is 5.91 Å². The maximum atomic E-state index is 13.4. The molecule has 5 rings (SSSR count). The molecule has 0 aliphatic carbocycles. The summed E-state index contributed by atoms with van der Waals surface area (Å²) < 4.78 is 10.1. The van der Waals surface area contributed by atoms with Crippen LogP contribution in [0.15, 0.2) is 48.8 Å². The molecule has 1 aromatic carbocycles. The van der Waals surface area contributed by atoms with Crippen molar-refractivity contribution in [1.82, 2.24) is 27.8 Å². The molecule has 1 saturated heterocycles. The predicted octanol–water partition coefficient (Wildman–Crippen LogP) is 2.61. The average Bonchev–Trinajstić information content (AvgIpc) is 3.27. The summed E-state index contributed by atoms with van der Waals surface area (Å²) in [6.45, 7) is 7.06. The number of amides is 2. The second-order valence-corrected chi connectivity index (χ2v) is 12.5. The lowest BCUT2D eigenvalue weighted by Gasteiger charge is -2.35. The molecule has 0 bridgehead atoms. The summed E-state index contributed by atoms with van der Waals surface area (Å²) >= 11 is -0.937. The van der Waals surface area contributed by atoms with Crippen LogP contribution in [0.4, 0.5) is 4.79 Å². The number of aryl methyl sites for hydroxylation is 1. The van der Waals surface area contributed by atoms with Crippen LogP contribution < -0.4 is 10.6 Å². The fraction of sp³-hybridized carbons (Fsp3) is 0.321. The van der Waals surface area contributed by atoms with E-state index in [1.807, 2.05) is 68.5 Å². The quantitative estimate of drug-likeness (QED) is 0.320. The summed E-state index contributed by atoms with van der Waals surface area (Å²) in [5.41, 5.74) is 3.56. The minimum Gasteiger partial charge on any atom is -0.750 e. The first-order valence-corrected chi connectivity index (χ1v) is 14.8. The van der Waals surface area contributed by atoms with Crippen molar-refractivity contribution in [2.24, 2.45) is 7.05 Å². The van der Waals surface area contributed by atoms with Gasteiger partial charge in [-0.3, -0.25) is 9.48 Å². The number of carbonyl (C=O) groups excluding carboxylic acids is 2. The second kappa shape index (κ2) is 10.9. The van der Waals surface area contributed by atoms with Crippen molar-refractivity contribution in [3.05, 3.63) is 75.8 Å². The number of pyridine rings is 1. The van der Waals surface area contributed by atoms with Gasteiger partial charge in [-0.15, -0.1) is 0 Å². The third-order valence-corrected chi connectivity index (χ3v) is 8.08. The Morgan fingerprint density at radius 1 is 0.949 bits per heavy atom. The molecule has 0 atom stereocenters. The van der Waals surface area contributed by atoms with E-state index in [4.69, 9.17) is 9.72 Å². The summed E-state index contributed by atoms with van der Waals surface area (Å²) in [6, 6.07) is 11.5. The van der Waals surface area contributed by atoms with E-state index in [0.29, 0.717) is 42.4 Å². The number of benzene rings is 1. The van der Waals surface area contributed by atoms with E-state index in [-0.39, 0.29) is 12.0 Å². The molecule has 0 radical (unpaired) electrons. The topological polar surface area (TPSA) is 107 Å². The van der Waals surface area contributed by atoms with Crippen molar-refractivity contribution in [2.75, 3.05) is 26.2 Å². The van der Waals surface area contributed by atoms with E-state index in [2.05, 4.69) is 5.10 Å². The van der Waals surface area contributed by atoms with Crippen molar-refractivity contribution in [1.29, 1.82) is 0 Å². The maximum Gasteiger partial charge on any atom is 0.410 e. The summed E-state index contributed by atoms with van der Waals surface area (Å²) in [6.07, 6.45) is 4.95. The Morgan fingerprint density at radius 3 is 2.26 bits per heavy atom. The first kappa shape index (κ1) is 27.0. The number of halogens is 1. The molecule has 2 amide bonds. The fourth-order valence-electron chi connectivity index (χ4n) is 4.39. The highest BCUT2D eigenvalue weighted by Crippen LogP contribution is 2.22. The molecule has 0 unspecified atom stereocenters. The van der Waals surface area contributed by atoms with Gasteiger partial charge in [-0.2, -0.15) is 5.10 Å². The molecule has 2 aliphatic rings. The predicted molar refractivity (Wildman–Crippen MR) is 158 cm³/mol. The normalized spacial score (nSPS) is 15.7. The van der Waals surface area contributed by atoms with Crippen molar-refractivity contribution in [2.45, 2.75) is 26.4 Å². The lowest BCUT2D eigenvalue weighted by Crippen LogP contribution is -2.52. The molecule has 10 nitrogen and oxygen atoms in total. The van der Waals surface area contributed by atoms with E-state index >= 15 is 0 Å². The Kier molecular flexibility index (Phi) is 7.54. The van der Waals surface area contributed by atoms with Crippen LogP contribution >= 0.6 is 21.0 Å². The van der Waals surface area contributed by atoms with Crippen LogP contribution in [-0.2, 0) is 11.8 Å². The average molecular weight is 641 g/mol. The van der Waals surface area contributed by atoms with Crippen molar-refractivity contribution < 1.29 is 14.3 Å². The number of piperazine rings is 1. The van der Waals surface area contributed by atoms with E-state index in [1.54, 1.807) is 32.8 Å². The Bertz CT molecular complexity index is 1550. The van der Waals surface area contributed by atoms with Crippen LogP contribution in [0.2, 0.25) is 0 Å². The standard InChI is InChI=1S/C28H30IN6O4/c1-28(2,3)39-27(37)34-13-11-33(12-14-34)26(36)24-10-9-21-18-35(38)29-15-23(25(21)31-24)20-7-5-19(6-8-20)22-16-30-32(4)17-22/h5-10,15-18H,11-14H2,1-4H3/q-1. The molecule has 1 fully saturated rings. The molecular weight excluding hydrogens is 611 g/mol. The maximum absolute atomic E-state index is 13.4. The van der Waals surface area contributed by atoms with E-state index in [9.17, 15) is 14.8 Å². The molecule has 0 N–H and O–H groups in total. The SMILES string of the molecule is Cn1cc(-c2ccc(C3=c4nc(C(=O)N5CCN(C(=O)OC(C)(C)C)CC5)ccc4=CN([O-])I=C3)cc2)cn1. The number of hydrogen-bond donors (Lipinski definition) is 0. The number of rotatable bonds is 3. The van der Waals surface area contributed by atoms with Gasteiger partial charge >= 0.3 is 6.09 Å². The number of fused-ring (bicyclic) bond motifs is 1. The number of hydroxylamine groups is 1. The van der Waals surface area contributed by atoms with Crippen LogP contribution in [0, 0.1) is 5.21 Å². The molecule has 3 aromatic rings. The Labute approximate surface area is 236 Å². The first-order valence-electron chi connectivity index (χ1n) is 12.6. The minimum absolute atomic E-state index is 0.203. The minimum atomic E-state index is -0.937. The summed E-state index contributed by atoms with van der Waals surface area (Å²) in [5.74, 6) is -0.203. The smallest absolute Gasteiger partial charge is 0.410 e. The first-order chi connectivity index (χ1) is 18.6. The Balaban J connectivity index is 1.42. The largest absolute Gasteiger partial charge is 0.750 e. The summed E-state index contributed by atoms with van der Waals surface area (Å²) in [7, 11) is 1.88. The monoisotopic (exact) mass is 641 g/mol. The number of aromatic nitrogens is 3. The third kappa shape index (κ3) is 6.19. The molecular formula is C28H30IN6O4-. The van der Waals surface area contributed by atoms with Gasteiger partial charge in [0.2, 0.25) is 0 Å². The fourth-order valence-corrected chi connectivity index (χ4v) is 6.06. The lowest BCUT2D eigenvalue weighted by molar-refractivity contribution is 0.0140. The van der Waals surface area contributed by atoms with Gasteiger partial charge in [0.1, 0.15) is 11.3 Å². The zero-order valence-corrected chi connectivity index (χ0v) is 24.5. The number of carbonyl (C=O) groups is 2. The van der Waals surface area contributed by atoms with E-state index in [0.717, 1.165) is 25.5 Å². The summed E-state index contributed by atoms with van der Waals surface area (Å²) in [5, 5.41) is 17.9. The number of nitrogens with zero attached hydrogens (tertiary/aromatic N) is 6. The highest BCUT2D eigenvalue weighted by atomic mass is 127. The van der Waals surface area contributed by atoms with Gasteiger partial charge in [-0.25, -0.2) is 9.78 Å². The molecule has 0 spiro atoms. The Morgan fingerprint density at radius 2 is 1.62 bits per heavy atom. The van der Waals surface area contributed by atoms with Crippen molar-refractivity contribution >= 4 is 48.8 Å². The van der Waals surface area contributed by atoms with Crippen LogP contribution in [0.3, 0.4) is 0 Å². The van der Waals surface area contributed by atoms with Crippen LogP contribution in [0.1, 0.15) is 36.8 Å². The highest BCUT2D eigenvalue weighted by molar-refractivity contribution is 14.2. The molecule has 2 aromatic heterocycles. The van der Waals surface area contributed by atoms with Gasteiger partial charge in [0.15, 0.2) is 0 Å². The molecule has 11 heteroatoms. The van der Waals surface area contributed by atoms with Gasteiger partial charge in [-0.1, -0.05) is 24.3 Å². The van der Waals surface area contributed by atoms with Gasteiger partial charge in [0.05, 0.1) is 11.5 Å². The third-order valence-electron chi connectivity index (χ3n) is 6.35. The van der Waals surface area contributed by atoms with Gasteiger partial charge in [-0.05, 0) is 69.0 Å². The number of ether oxygens (including phenoxy) is 1. The molecule has 0 saturated carbocycles. The zero-order valence-electron chi connectivity index (χ0n) is 22.3. The highest BCUT2D eigenvalue weighted by Gasteiger charge is 2.28. The van der Waals surface area contributed by atoms with E-state index in [1.165, 1.54) is 0 Å². The molecule has 39 heavy (non-hydrogen) atoms. The van der Waals surface area contributed by atoms with Crippen LogP contribution in [0.5, 0.6) is 0 Å². The van der Waals surface area contributed by atoms with Crippen molar-refractivity contribution in [3.63, 3.8) is 0 Å². The summed E-state index contributed by atoms with van der Waals surface area (Å²) in [4.78, 5) is 33.9. The van der Waals surface area contributed by atoms with Gasteiger partial charge < -0.3 is 23.0 Å². The Hall–Kier alpha value is -3.58. The molecule has 204 valence electrons. The molecule has 2 aliphatic heterocycles. The van der Waals surface area contributed by atoms with E-state index < -0.39 is 26.6 Å². The van der Waals surface area contributed by atoms with Crippen LogP contribution in [-0.4, -0.2) is 75.6 Å². The molecule has 4 heterocycles. The van der Waals surface area contributed by atoms with Gasteiger partial charge in [0, 0.05) is 62.0 Å².